The number of anilines is 1. The second-order valence-electron chi connectivity index (χ2n) is 8.73. The zero-order valence-electron chi connectivity index (χ0n) is 19.4. The number of hydrogen-bond acceptors (Lipinski definition) is 6. The molecule has 13 heteroatoms. The Morgan fingerprint density at radius 1 is 1.14 bits per heavy atom. The van der Waals surface area contributed by atoms with Gasteiger partial charge in [0.25, 0.3) is 0 Å². The fourth-order valence-electron chi connectivity index (χ4n) is 4.35. The van der Waals surface area contributed by atoms with Crippen LogP contribution in [0, 0.1) is 0 Å². The first-order valence-electron chi connectivity index (χ1n) is 11.5. The quantitative estimate of drug-likeness (QED) is 0.334. The number of aromatic nitrogens is 4. The van der Waals surface area contributed by atoms with Crippen LogP contribution in [0.2, 0.25) is 0 Å². The van der Waals surface area contributed by atoms with E-state index in [1.807, 2.05) is 18.2 Å². The van der Waals surface area contributed by atoms with Gasteiger partial charge in [-0.05, 0) is 64.7 Å². The summed E-state index contributed by atoms with van der Waals surface area (Å²) in [6.07, 6.45) is 1.88. The van der Waals surface area contributed by atoms with Crippen LogP contribution >= 0.6 is 15.9 Å². The molecule has 0 bridgehead atoms. The molecule has 1 N–H and O–H groups in total. The monoisotopic (exact) mass is 594 g/mol. The molecular formula is C24H22BrF3N6O2S. The molecule has 5 rings (SSSR count). The van der Waals surface area contributed by atoms with Crippen LogP contribution in [0.25, 0.3) is 5.65 Å². The molecule has 4 aromatic rings. The summed E-state index contributed by atoms with van der Waals surface area (Å²) in [6.45, 7) is 0.952. The molecule has 1 atom stereocenters. The van der Waals surface area contributed by atoms with E-state index in [0.29, 0.717) is 34.6 Å². The number of alkyl halides is 3. The molecule has 0 spiro atoms. The molecule has 3 aromatic heterocycles. The number of hydrogen-bond donors (Lipinski definition) is 1. The number of benzene rings is 1. The van der Waals surface area contributed by atoms with Crippen molar-refractivity contribution in [3.05, 3.63) is 82.3 Å². The van der Waals surface area contributed by atoms with Gasteiger partial charge in [-0.3, -0.25) is 4.98 Å². The second-order valence-corrected chi connectivity index (χ2v) is 11.5. The molecule has 194 valence electrons. The zero-order chi connectivity index (χ0) is 26.2. The third-order valence-corrected chi connectivity index (χ3v) is 8.71. The van der Waals surface area contributed by atoms with E-state index >= 15 is 0 Å². The minimum Gasteiger partial charge on any atom is -0.366 e. The number of fused-ring (bicyclic) bond motifs is 1. The molecule has 4 heterocycles. The van der Waals surface area contributed by atoms with E-state index in [0.717, 1.165) is 36.2 Å². The van der Waals surface area contributed by atoms with Gasteiger partial charge in [0.1, 0.15) is 5.82 Å². The second kappa shape index (κ2) is 10.0. The Morgan fingerprint density at radius 3 is 2.62 bits per heavy atom. The molecule has 0 saturated carbocycles. The first kappa shape index (κ1) is 25.6. The number of nitrogens with one attached hydrogen (secondary N) is 1. The Hall–Kier alpha value is -3.03. The fourth-order valence-corrected chi connectivity index (χ4v) is 6.22. The average molecular weight is 595 g/mol. The van der Waals surface area contributed by atoms with Crippen LogP contribution in [-0.4, -0.2) is 45.4 Å². The van der Waals surface area contributed by atoms with Crippen LogP contribution in [0.5, 0.6) is 0 Å². The van der Waals surface area contributed by atoms with Crippen molar-refractivity contribution in [2.75, 3.05) is 18.4 Å². The molecular weight excluding hydrogens is 573 g/mol. The third kappa shape index (κ3) is 5.34. The summed E-state index contributed by atoms with van der Waals surface area (Å²) in [5.41, 5.74) is 1.38. The van der Waals surface area contributed by atoms with E-state index in [2.05, 4.69) is 31.3 Å². The highest BCUT2D eigenvalue weighted by Gasteiger charge is 2.34. The Balaban J connectivity index is 1.41. The summed E-state index contributed by atoms with van der Waals surface area (Å²) in [4.78, 5) is 8.72. The molecule has 8 nitrogen and oxygen atoms in total. The van der Waals surface area contributed by atoms with E-state index in [9.17, 15) is 21.6 Å². The van der Waals surface area contributed by atoms with Crippen molar-refractivity contribution in [2.24, 2.45) is 0 Å². The molecule has 0 aliphatic carbocycles. The van der Waals surface area contributed by atoms with Crippen molar-refractivity contribution in [3.63, 3.8) is 0 Å². The SMILES string of the molecule is O=S(=O)(c1ccc(C(F)(F)F)cc1)N1CCCC(c2cc(NCc3cccnc3)n3ncc(Br)c3n2)C1. The van der Waals surface area contributed by atoms with Gasteiger partial charge in [-0.15, -0.1) is 0 Å². The highest BCUT2D eigenvalue weighted by molar-refractivity contribution is 9.10. The van der Waals surface area contributed by atoms with Gasteiger partial charge >= 0.3 is 6.18 Å². The third-order valence-electron chi connectivity index (χ3n) is 6.27. The van der Waals surface area contributed by atoms with Crippen LogP contribution in [0.15, 0.2) is 70.4 Å². The normalized spacial score (nSPS) is 17.2. The number of sulfonamides is 1. The van der Waals surface area contributed by atoms with Crippen molar-refractivity contribution >= 4 is 37.4 Å². The first-order valence-corrected chi connectivity index (χ1v) is 13.7. The maximum Gasteiger partial charge on any atom is 0.416 e. The lowest BCUT2D eigenvalue weighted by Crippen LogP contribution is -2.39. The van der Waals surface area contributed by atoms with E-state index in [1.54, 1.807) is 23.1 Å². The summed E-state index contributed by atoms with van der Waals surface area (Å²) < 4.78 is 69.0. The van der Waals surface area contributed by atoms with Crippen molar-refractivity contribution in [1.82, 2.24) is 23.9 Å². The minimum atomic E-state index is -4.53. The molecule has 37 heavy (non-hydrogen) atoms. The summed E-state index contributed by atoms with van der Waals surface area (Å²) in [5, 5.41) is 7.74. The van der Waals surface area contributed by atoms with E-state index in [1.165, 1.54) is 4.31 Å². The standard InChI is InChI=1S/C24H22BrF3N6O2S/c25-20-14-31-34-22(30-13-16-3-1-9-29-12-16)11-21(32-23(20)34)17-4-2-10-33(15-17)37(35,36)19-7-5-18(6-8-19)24(26,27)28/h1,3,5-9,11-12,14,17,30H,2,4,10,13,15H2. The van der Waals surface area contributed by atoms with E-state index < -0.39 is 21.8 Å². The highest BCUT2D eigenvalue weighted by Crippen LogP contribution is 2.34. The predicted octanol–water partition coefficient (Wildman–Crippen LogP) is 5.09. The van der Waals surface area contributed by atoms with E-state index in [4.69, 9.17) is 4.98 Å². The molecule has 1 saturated heterocycles. The van der Waals surface area contributed by atoms with Crippen LogP contribution in [0.4, 0.5) is 19.0 Å². The van der Waals surface area contributed by atoms with Crippen molar-refractivity contribution in [2.45, 2.75) is 36.4 Å². The number of rotatable bonds is 6. The number of nitrogens with zero attached hydrogens (tertiary/aromatic N) is 5. The van der Waals surface area contributed by atoms with Crippen LogP contribution in [0.1, 0.15) is 35.6 Å². The van der Waals surface area contributed by atoms with Gasteiger partial charge in [-0.2, -0.15) is 27.1 Å². The molecule has 1 unspecified atom stereocenters. The van der Waals surface area contributed by atoms with Crippen LogP contribution in [-0.2, 0) is 22.7 Å². The molecule has 1 aromatic carbocycles. The lowest BCUT2D eigenvalue weighted by atomic mass is 9.96. The summed E-state index contributed by atoms with van der Waals surface area (Å²) in [5.74, 6) is 0.487. The smallest absolute Gasteiger partial charge is 0.366 e. The number of pyridine rings is 1. The van der Waals surface area contributed by atoms with Crippen molar-refractivity contribution in [3.8, 4) is 0 Å². The molecule has 1 fully saturated rings. The summed E-state index contributed by atoms with van der Waals surface area (Å²) in [7, 11) is -3.97. The molecule has 1 aliphatic heterocycles. The molecule has 0 radical (unpaired) electrons. The van der Waals surface area contributed by atoms with Gasteiger partial charge in [0.15, 0.2) is 5.65 Å². The summed E-state index contributed by atoms with van der Waals surface area (Å²) in [6, 6.07) is 9.27. The van der Waals surface area contributed by atoms with Crippen molar-refractivity contribution in [1.29, 1.82) is 0 Å². The zero-order valence-corrected chi connectivity index (χ0v) is 21.8. The van der Waals surface area contributed by atoms with Crippen molar-refractivity contribution < 1.29 is 21.6 Å². The molecule has 0 amide bonds. The predicted molar refractivity (Wildman–Crippen MR) is 134 cm³/mol. The number of piperidine rings is 1. The van der Waals surface area contributed by atoms with Gasteiger partial charge in [0.2, 0.25) is 10.0 Å². The first-order chi connectivity index (χ1) is 17.6. The van der Waals surface area contributed by atoms with Gasteiger partial charge in [0, 0.05) is 44.0 Å². The van der Waals surface area contributed by atoms with Gasteiger partial charge in [-0.25, -0.2) is 13.4 Å². The van der Waals surface area contributed by atoms with Gasteiger partial charge in [-0.1, -0.05) is 6.07 Å². The Kier molecular flexibility index (Phi) is 6.94. The fraction of sp³-hybridized carbons (Fsp3) is 0.292. The average Bonchev–Trinajstić information content (AvgIpc) is 3.28. The largest absolute Gasteiger partial charge is 0.416 e. The lowest BCUT2D eigenvalue weighted by molar-refractivity contribution is -0.137. The van der Waals surface area contributed by atoms with E-state index in [-0.39, 0.29) is 23.9 Å². The van der Waals surface area contributed by atoms with Crippen LogP contribution < -0.4 is 5.32 Å². The highest BCUT2D eigenvalue weighted by atomic mass is 79.9. The number of halogens is 4. The topological polar surface area (TPSA) is 92.5 Å². The van der Waals surface area contributed by atoms with Gasteiger partial charge < -0.3 is 5.32 Å². The minimum absolute atomic E-state index is 0.165. The van der Waals surface area contributed by atoms with Crippen LogP contribution in [0.3, 0.4) is 0 Å². The maximum absolute atomic E-state index is 13.3. The Labute approximate surface area is 219 Å². The van der Waals surface area contributed by atoms with Gasteiger partial charge in [0.05, 0.1) is 26.8 Å². The molecule has 1 aliphatic rings. The summed E-state index contributed by atoms with van der Waals surface area (Å²) >= 11 is 3.48. The Bertz CT molecular complexity index is 1510. The lowest BCUT2D eigenvalue weighted by Gasteiger charge is -2.32. The maximum atomic E-state index is 13.3. The Morgan fingerprint density at radius 2 is 1.92 bits per heavy atom.